The van der Waals surface area contributed by atoms with Crippen LogP contribution in [-0.2, 0) is 116 Å². The molecule has 1 amide bonds. The molecule has 11 N–H and O–H groups in total. The van der Waals surface area contributed by atoms with Gasteiger partial charge in [-0.05, 0) is 64.7 Å². The summed E-state index contributed by atoms with van der Waals surface area (Å²) in [6.07, 6.45) is -11.0. The van der Waals surface area contributed by atoms with E-state index in [-0.39, 0.29) is 91.6 Å². The second-order valence-corrected chi connectivity index (χ2v) is 35.5. The van der Waals surface area contributed by atoms with Crippen molar-refractivity contribution >= 4 is 44.8 Å². The molecule has 0 aromatic carbocycles. The number of aliphatic hydroxyl groups is 9. The molecule has 4 heterocycles. The summed E-state index contributed by atoms with van der Waals surface area (Å²) in [5.74, 6) is -1.64. The summed E-state index contributed by atoms with van der Waals surface area (Å²) in [6, 6.07) is -1.12. The Morgan fingerprint density at radius 1 is 0.444 bits per heavy atom. The fourth-order valence-electron chi connectivity index (χ4n) is 11.4. The molecule has 0 aromatic heterocycles. The molecule has 40 nitrogen and oxygen atoms in total. The van der Waals surface area contributed by atoms with Crippen LogP contribution in [0.5, 0.6) is 0 Å². The molecule has 0 radical (unpaired) electrons. The van der Waals surface area contributed by atoms with Gasteiger partial charge in [0.1, 0.15) is 62.5 Å². The number of hydrogen-bond acceptors (Lipinski definition) is 38. The van der Waals surface area contributed by atoms with Crippen molar-refractivity contribution < 1.29 is 186 Å². The van der Waals surface area contributed by atoms with Gasteiger partial charge in [-0.15, -0.1) is 0 Å². The van der Waals surface area contributed by atoms with E-state index in [1.165, 1.54) is 20.8 Å². The van der Waals surface area contributed by atoms with Gasteiger partial charge in [0.05, 0.1) is 122 Å². The third-order valence-electron chi connectivity index (χ3n) is 17.8. The van der Waals surface area contributed by atoms with Crippen molar-refractivity contribution in [2.24, 2.45) is 17.3 Å². The maximum absolute atomic E-state index is 13.7. The molecule has 4 rings (SSSR count). The molecule has 0 aliphatic carbocycles. The smallest absolute Gasteiger partial charge is 0.472 e. The summed E-state index contributed by atoms with van der Waals surface area (Å²) in [5.41, 5.74) is -2.50. The van der Waals surface area contributed by atoms with Crippen LogP contribution in [-0.4, -0.2) is 293 Å². The van der Waals surface area contributed by atoms with Crippen molar-refractivity contribution in [1.29, 1.82) is 0 Å². The summed E-state index contributed by atoms with van der Waals surface area (Å²) < 4.78 is 169. The lowest BCUT2D eigenvalue weighted by molar-refractivity contribution is -0.282. The topological polar surface area (TPSA) is 584 Å². The Morgan fingerprint density at radius 2 is 0.787 bits per heavy atom. The zero-order valence-corrected chi connectivity index (χ0v) is 66.9. The Kier molecular flexibility index (Phi) is 47.5. The largest absolute Gasteiger partial charge is 0.778 e. The van der Waals surface area contributed by atoms with Crippen LogP contribution < -0.4 is 24.9 Å². The van der Waals surface area contributed by atoms with Crippen molar-refractivity contribution in [1.82, 2.24) is 5.32 Å². The van der Waals surface area contributed by atoms with E-state index in [1.54, 1.807) is 20.8 Å². The van der Waals surface area contributed by atoms with Gasteiger partial charge in [-0.3, -0.25) is 27.5 Å². The van der Waals surface area contributed by atoms with E-state index in [1.807, 2.05) is 0 Å². The fraction of sp³-hybridized carbons (Fsp3) is 0.984. The average molecular weight is 1670 g/mol. The summed E-state index contributed by atoms with van der Waals surface area (Å²) in [4.78, 5) is 73.8. The molecule has 45 heteroatoms. The van der Waals surface area contributed by atoms with Crippen LogP contribution in [0.1, 0.15) is 144 Å². The number of nitrogens with one attached hydrogen (secondary N) is 1. The van der Waals surface area contributed by atoms with Gasteiger partial charge < -0.3 is 159 Å². The van der Waals surface area contributed by atoms with E-state index in [9.17, 15) is 98.0 Å². The van der Waals surface area contributed by atoms with Gasteiger partial charge in [0.25, 0.3) is 23.5 Å². The third kappa shape index (κ3) is 37.7. The zero-order chi connectivity index (χ0) is 80.1. The standard InChI is InChI=1S/C63H124NO39P5/c1-43(2)104(75,76)103-48-34-44(3)99-52(48)38-97-108(83,84)98-42-63(39-85-22-19-31-94-105(77,78)91-28-16-10-7-13-25-88-60-45(4)54(69)56(71)49(35-65)100-60,40-86-23-20-32-95-106(79,80)92-29-17-11-8-14-26-89-61-46(5)55(70)57(72)50(36-66)101-61)41-87-24-21-33-96-107(81,82)93-30-18-12-9-15-27-90-62-53(64-47(6)68)59(74)58(73)51(37-67)102-62/h43-46,48-62,65-67,69-74H,7-42H2,1-6H3,(H,64,68)(H,75,76)(H,77,78)(H,79,80)(H,81,82)(H,83,84)/p-4/t44-,45?,46?,48?,49?,50?,51?,52+,53?,54+,55+,56-,57-,58-,59+,60+,61+,62+,63?/m0/s1. The van der Waals surface area contributed by atoms with E-state index >= 15 is 0 Å². The second-order valence-electron chi connectivity index (χ2n) is 27.5. The number of unbranched alkanes of at least 4 members (excludes halogenated alkanes) is 9. The number of rotatable bonds is 61. The predicted octanol–water partition coefficient (Wildman–Crippen LogP) is 0.181. The molecule has 108 heavy (non-hydrogen) atoms. The van der Waals surface area contributed by atoms with Crippen LogP contribution in [0.4, 0.5) is 0 Å². The number of ether oxygens (including phenoxy) is 10. The van der Waals surface area contributed by atoms with Gasteiger partial charge in [0.15, 0.2) is 18.9 Å². The first kappa shape index (κ1) is 99.7. The molecule has 4 aliphatic heterocycles. The molecule has 4 fully saturated rings. The fourth-order valence-corrected chi connectivity index (χ4v) is 15.4. The van der Waals surface area contributed by atoms with Crippen LogP contribution in [0.2, 0.25) is 0 Å². The number of aliphatic hydroxyl groups excluding tert-OH is 9. The first-order valence-electron chi connectivity index (χ1n) is 36.8. The van der Waals surface area contributed by atoms with E-state index in [4.69, 9.17) is 88.1 Å². The monoisotopic (exact) mass is 1670 g/mol. The number of phosphoric ester groups is 4. The first-order chi connectivity index (χ1) is 51.0. The molecule has 0 spiro atoms. The Labute approximate surface area is 631 Å². The Morgan fingerprint density at radius 3 is 1.15 bits per heavy atom. The zero-order valence-electron chi connectivity index (χ0n) is 62.5. The lowest BCUT2D eigenvalue weighted by Gasteiger charge is -2.42. The molecule has 12 unspecified atom stereocenters. The van der Waals surface area contributed by atoms with Gasteiger partial charge in [-0.2, -0.15) is 0 Å². The lowest BCUT2D eigenvalue weighted by atomic mass is 9.92. The Hall–Kier alpha value is -0.700. The van der Waals surface area contributed by atoms with Gasteiger partial charge >= 0.3 is 7.82 Å². The number of carbonyl (C=O) groups is 1. The molecule has 0 aromatic rings. The SMILES string of the molecule is CC(=O)NC1[C@H](OCCCCCCOP(=O)([O-])OCCCOCC(COCCCOP(=O)([O-])OCCCCCCO[C@@H]2OC(CO)[C@H](O)[C@H](O)C2C)(COCCCOP(=O)([O-])OCCCCCCO[C@@H]2OC(CO)[C@H](O)[C@H](O)C2C)COP(=O)(O)OC[C@H]2O[C@@H](C)CC2OP(=O)([O-])C(C)C)OC(CO)[C@H](O)[C@@H]1O. The molecule has 0 bridgehead atoms. The highest BCUT2D eigenvalue weighted by Gasteiger charge is 2.47. The minimum absolute atomic E-state index is 0.0645. The molecule has 0 saturated carbocycles. The van der Waals surface area contributed by atoms with Gasteiger partial charge in [0, 0.05) is 70.5 Å². The highest BCUT2D eigenvalue weighted by molar-refractivity contribution is 7.52. The number of hydrogen-bond donors (Lipinski definition) is 11. The second kappa shape index (κ2) is 51.5. The lowest BCUT2D eigenvalue weighted by Crippen LogP contribution is -2.64. The predicted molar refractivity (Wildman–Crippen MR) is 368 cm³/mol. The van der Waals surface area contributed by atoms with Crippen molar-refractivity contribution in [3.63, 3.8) is 0 Å². The Balaban J connectivity index is 1.34. The Bertz CT molecular complexity index is 2620. The van der Waals surface area contributed by atoms with Crippen molar-refractivity contribution in [2.45, 2.75) is 248 Å². The van der Waals surface area contributed by atoms with Crippen molar-refractivity contribution in [3.8, 4) is 0 Å². The first-order valence-corrected chi connectivity index (χ1v) is 44.3. The van der Waals surface area contributed by atoms with Gasteiger partial charge in [0.2, 0.25) is 5.91 Å². The van der Waals surface area contributed by atoms with Gasteiger partial charge in [-0.1, -0.05) is 66.2 Å². The molecule has 640 valence electrons. The minimum atomic E-state index is -5.12. The van der Waals surface area contributed by atoms with E-state index in [2.05, 4.69) is 5.32 Å². The summed E-state index contributed by atoms with van der Waals surface area (Å²) in [7, 11) is -24.0. The quantitative estimate of drug-likeness (QED) is 0.0286. The molecule has 4 saturated heterocycles. The third-order valence-corrected chi connectivity index (χ3v) is 23.6. The van der Waals surface area contributed by atoms with Crippen LogP contribution in [0.15, 0.2) is 0 Å². The van der Waals surface area contributed by atoms with Gasteiger partial charge in [-0.25, -0.2) is 4.57 Å². The maximum Gasteiger partial charge on any atom is 0.472 e. The normalized spacial score (nSPS) is 31.2. The van der Waals surface area contributed by atoms with Crippen LogP contribution >= 0.6 is 38.9 Å². The molecule has 23 atom stereocenters. The van der Waals surface area contributed by atoms with Crippen molar-refractivity contribution in [3.05, 3.63) is 0 Å². The highest BCUT2D eigenvalue weighted by atomic mass is 31.2. The summed E-state index contributed by atoms with van der Waals surface area (Å²) >= 11 is 0. The van der Waals surface area contributed by atoms with E-state index in [0.717, 1.165) is 0 Å². The highest BCUT2D eigenvalue weighted by Crippen LogP contribution is 2.50. The summed E-state index contributed by atoms with van der Waals surface area (Å²) in [6.45, 7) is 2.54. The molecular weight excluding hydrogens is 1550 g/mol. The number of carbonyl (C=O) groups excluding carboxylic acids is 1. The van der Waals surface area contributed by atoms with E-state index < -0.39 is 239 Å². The molecule has 4 aliphatic rings. The molecular formula is C63H120NO39P5-4. The average Bonchev–Trinajstić information content (AvgIpc) is 1.12. The minimum Gasteiger partial charge on any atom is -0.778 e. The van der Waals surface area contributed by atoms with Crippen LogP contribution in [0.3, 0.4) is 0 Å². The summed E-state index contributed by atoms with van der Waals surface area (Å²) in [5, 5.41) is 92.4. The van der Waals surface area contributed by atoms with E-state index in [0.29, 0.717) is 70.6 Å². The van der Waals surface area contributed by atoms with Crippen LogP contribution in [0, 0.1) is 17.3 Å². The van der Waals surface area contributed by atoms with Crippen LogP contribution in [0.25, 0.3) is 0 Å². The number of amides is 1. The van der Waals surface area contributed by atoms with Crippen molar-refractivity contribution in [2.75, 3.05) is 132 Å². The number of phosphoric acid groups is 4. The maximum atomic E-state index is 13.7.